The summed E-state index contributed by atoms with van der Waals surface area (Å²) in [6.07, 6.45) is 7.84. The second-order valence-corrected chi connectivity index (χ2v) is 9.38. The first-order valence-electron chi connectivity index (χ1n) is 10.9. The Morgan fingerprint density at radius 1 is 0.815 bits per heavy atom. The van der Waals surface area contributed by atoms with Crippen molar-refractivity contribution in [3.8, 4) is 0 Å². The average Bonchev–Trinajstić information content (AvgIpc) is 2.67. The fourth-order valence-electron chi connectivity index (χ4n) is 4.20. The van der Waals surface area contributed by atoms with Crippen LogP contribution < -0.4 is 0 Å². The van der Waals surface area contributed by atoms with Gasteiger partial charge in [0.15, 0.2) is 0 Å². The number of unbranched alkanes of at least 4 members (excludes halogenated alkanes) is 1. The molecule has 0 aromatic heterocycles. The Balaban J connectivity index is 1.31. The zero-order valence-corrected chi connectivity index (χ0v) is 17.6. The number of aryl methyl sites for hydroxylation is 1. The van der Waals surface area contributed by atoms with E-state index in [-0.39, 0.29) is 5.41 Å². The SMILES string of the molecule is CC(C)(C)c1ccc(CCCCN2CCC(Cc3ccccc3)CC2)cc1. The monoisotopic (exact) mass is 363 g/mol. The van der Waals surface area contributed by atoms with Crippen LogP contribution in [0.25, 0.3) is 0 Å². The quantitative estimate of drug-likeness (QED) is 0.525. The maximum atomic E-state index is 2.68. The molecule has 0 radical (unpaired) electrons. The molecule has 2 aromatic carbocycles. The van der Waals surface area contributed by atoms with Crippen molar-refractivity contribution in [2.24, 2.45) is 5.92 Å². The van der Waals surface area contributed by atoms with E-state index in [0.29, 0.717) is 0 Å². The molecule has 1 heteroatoms. The Morgan fingerprint density at radius 3 is 2.11 bits per heavy atom. The summed E-state index contributed by atoms with van der Waals surface area (Å²) < 4.78 is 0. The molecule has 0 N–H and O–H groups in total. The summed E-state index contributed by atoms with van der Waals surface area (Å²) >= 11 is 0. The summed E-state index contributed by atoms with van der Waals surface area (Å²) in [7, 11) is 0. The van der Waals surface area contributed by atoms with E-state index in [2.05, 4.69) is 80.3 Å². The molecule has 1 aliphatic heterocycles. The molecular weight excluding hydrogens is 326 g/mol. The van der Waals surface area contributed by atoms with Crippen LogP contribution in [0.2, 0.25) is 0 Å². The molecular formula is C26H37N. The van der Waals surface area contributed by atoms with E-state index in [1.807, 2.05) is 0 Å². The molecule has 0 bridgehead atoms. The minimum Gasteiger partial charge on any atom is -0.303 e. The minimum absolute atomic E-state index is 0.255. The van der Waals surface area contributed by atoms with E-state index in [0.717, 1.165) is 5.92 Å². The first-order chi connectivity index (χ1) is 13.0. The number of piperidine rings is 1. The van der Waals surface area contributed by atoms with Crippen LogP contribution in [0, 0.1) is 5.92 Å². The Hall–Kier alpha value is -1.60. The van der Waals surface area contributed by atoms with Gasteiger partial charge in [-0.15, -0.1) is 0 Å². The van der Waals surface area contributed by atoms with Gasteiger partial charge in [-0.2, -0.15) is 0 Å². The fraction of sp³-hybridized carbons (Fsp3) is 0.538. The molecule has 0 unspecified atom stereocenters. The molecule has 0 spiro atoms. The van der Waals surface area contributed by atoms with Gasteiger partial charge in [0.05, 0.1) is 0 Å². The van der Waals surface area contributed by atoms with Crippen LogP contribution in [0.15, 0.2) is 54.6 Å². The standard InChI is InChI=1S/C26H37N/c1-26(2,3)25-14-12-22(13-15-25)9-7-8-18-27-19-16-24(17-20-27)21-23-10-5-4-6-11-23/h4-6,10-15,24H,7-9,16-21H2,1-3H3. The molecule has 0 amide bonds. The third kappa shape index (κ3) is 6.50. The highest BCUT2D eigenvalue weighted by atomic mass is 15.1. The second-order valence-electron chi connectivity index (χ2n) is 9.38. The maximum Gasteiger partial charge on any atom is -0.00160 e. The van der Waals surface area contributed by atoms with Crippen LogP contribution in [0.4, 0.5) is 0 Å². The molecule has 2 aromatic rings. The summed E-state index contributed by atoms with van der Waals surface area (Å²) in [4.78, 5) is 2.68. The number of hydrogen-bond donors (Lipinski definition) is 0. The highest BCUT2D eigenvalue weighted by Crippen LogP contribution is 2.23. The van der Waals surface area contributed by atoms with Crippen molar-refractivity contribution in [1.29, 1.82) is 0 Å². The minimum atomic E-state index is 0.255. The zero-order chi connectivity index (χ0) is 19.1. The predicted octanol–water partition coefficient (Wildman–Crippen LogP) is 6.26. The molecule has 3 rings (SSSR count). The first-order valence-corrected chi connectivity index (χ1v) is 10.9. The van der Waals surface area contributed by atoms with Gasteiger partial charge in [0, 0.05) is 0 Å². The second kappa shape index (κ2) is 9.55. The Kier molecular flexibility index (Phi) is 7.13. The third-order valence-corrected chi connectivity index (χ3v) is 6.08. The summed E-state index contributed by atoms with van der Waals surface area (Å²) in [5.41, 5.74) is 4.69. The van der Waals surface area contributed by atoms with E-state index >= 15 is 0 Å². The lowest BCUT2D eigenvalue weighted by atomic mass is 9.86. The van der Waals surface area contributed by atoms with E-state index < -0.39 is 0 Å². The molecule has 0 aliphatic carbocycles. The highest BCUT2D eigenvalue weighted by molar-refractivity contribution is 5.27. The van der Waals surface area contributed by atoms with Crippen LogP contribution in [-0.2, 0) is 18.3 Å². The van der Waals surface area contributed by atoms with E-state index in [9.17, 15) is 0 Å². The van der Waals surface area contributed by atoms with Crippen molar-refractivity contribution in [3.05, 3.63) is 71.3 Å². The van der Waals surface area contributed by atoms with Crippen LogP contribution in [-0.4, -0.2) is 24.5 Å². The molecule has 1 aliphatic rings. The lowest BCUT2D eigenvalue weighted by Crippen LogP contribution is -2.35. The molecule has 1 nitrogen and oxygen atoms in total. The molecule has 27 heavy (non-hydrogen) atoms. The molecule has 146 valence electrons. The van der Waals surface area contributed by atoms with Gasteiger partial charge in [0.2, 0.25) is 0 Å². The Morgan fingerprint density at radius 2 is 1.48 bits per heavy atom. The maximum absolute atomic E-state index is 2.68. The van der Waals surface area contributed by atoms with Crippen molar-refractivity contribution < 1.29 is 0 Å². The van der Waals surface area contributed by atoms with Gasteiger partial charge in [0.1, 0.15) is 0 Å². The van der Waals surface area contributed by atoms with Crippen LogP contribution in [0.3, 0.4) is 0 Å². The number of likely N-dealkylation sites (tertiary alicyclic amines) is 1. The zero-order valence-electron chi connectivity index (χ0n) is 17.6. The van der Waals surface area contributed by atoms with Gasteiger partial charge in [-0.25, -0.2) is 0 Å². The van der Waals surface area contributed by atoms with Crippen LogP contribution in [0.5, 0.6) is 0 Å². The van der Waals surface area contributed by atoms with E-state index in [1.54, 1.807) is 0 Å². The highest BCUT2D eigenvalue weighted by Gasteiger charge is 2.19. The van der Waals surface area contributed by atoms with Crippen molar-refractivity contribution in [1.82, 2.24) is 4.90 Å². The number of benzene rings is 2. The fourth-order valence-corrected chi connectivity index (χ4v) is 4.20. The third-order valence-electron chi connectivity index (χ3n) is 6.08. The normalized spacial score (nSPS) is 16.6. The number of nitrogens with zero attached hydrogens (tertiary/aromatic N) is 1. The van der Waals surface area contributed by atoms with Crippen LogP contribution in [0.1, 0.15) is 63.1 Å². The van der Waals surface area contributed by atoms with Crippen molar-refractivity contribution in [3.63, 3.8) is 0 Å². The summed E-state index contributed by atoms with van der Waals surface area (Å²) in [6, 6.07) is 20.3. The summed E-state index contributed by atoms with van der Waals surface area (Å²) in [5.74, 6) is 0.880. The first kappa shape index (κ1) is 20.1. The van der Waals surface area contributed by atoms with Gasteiger partial charge >= 0.3 is 0 Å². The molecule has 0 saturated carbocycles. The van der Waals surface area contributed by atoms with Gasteiger partial charge in [-0.3, -0.25) is 0 Å². The summed E-state index contributed by atoms with van der Waals surface area (Å²) in [6.45, 7) is 10.7. The average molecular weight is 364 g/mol. The Labute approximate surface area is 166 Å². The predicted molar refractivity (Wildman–Crippen MR) is 117 cm³/mol. The van der Waals surface area contributed by atoms with Gasteiger partial charge < -0.3 is 4.90 Å². The lowest BCUT2D eigenvalue weighted by Gasteiger charge is -2.32. The molecule has 0 atom stereocenters. The number of rotatable bonds is 7. The lowest BCUT2D eigenvalue weighted by molar-refractivity contribution is 0.181. The van der Waals surface area contributed by atoms with Crippen molar-refractivity contribution in [2.75, 3.05) is 19.6 Å². The topological polar surface area (TPSA) is 3.24 Å². The number of hydrogen-bond acceptors (Lipinski definition) is 1. The van der Waals surface area contributed by atoms with Crippen molar-refractivity contribution >= 4 is 0 Å². The smallest absolute Gasteiger partial charge is 0.00160 e. The van der Waals surface area contributed by atoms with Crippen LogP contribution >= 0.6 is 0 Å². The van der Waals surface area contributed by atoms with Gasteiger partial charge in [0.25, 0.3) is 0 Å². The van der Waals surface area contributed by atoms with Gasteiger partial charge in [-0.1, -0.05) is 75.4 Å². The largest absolute Gasteiger partial charge is 0.303 e. The van der Waals surface area contributed by atoms with Gasteiger partial charge in [-0.05, 0) is 86.2 Å². The van der Waals surface area contributed by atoms with Crippen molar-refractivity contribution in [2.45, 2.75) is 64.7 Å². The molecule has 1 saturated heterocycles. The molecule has 1 fully saturated rings. The Bertz CT molecular complexity index is 658. The molecule has 1 heterocycles. The van der Waals surface area contributed by atoms with E-state index in [4.69, 9.17) is 0 Å². The summed E-state index contributed by atoms with van der Waals surface area (Å²) in [5, 5.41) is 0. The van der Waals surface area contributed by atoms with E-state index in [1.165, 1.54) is 74.8 Å².